The van der Waals surface area contributed by atoms with Crippen LogP contribution in [-0.2, 0) is 10.0 Å². The highest BCUT2D eigenvalue weighted by Crippen LogP contribution is 2.26. The van der Waals surface area contributed by atoms with Crippen molar-refractivity contribution in [2.45, 2.75) is 30.7 Å². The quantitative estimate of drug-likeness (QED) is 0.782. The third-order valence-corrected chi connectivity index (χ3v) is 6.53. The number of pyridine rings is 1. The lowest BCUT2D eigenvalue weighted by atomic mass is 10.1. The second-order valence-corrected chi connectivity index (χ2v) is 7.89. The highest BCUT2D eigenvalue weighted by atomic mass is 35.5. The van der Waals surface area contributed by atoms with Gasteiger partial charge in [-0.15, -0.1) is 0 Å². The molecule has 0 bridgehead atoms. The summed E-state index contributed by atoms with van der Waals surface area (Å²) in [6.45, 7) is 4.95. The van der Waals surface area contributed by atoms with E-state index >= 15 is 0 Å². The Bertz CT molecular complexity index is 601. The number of hydrogen-bond acceptors (Lipinski definition) is 4. The van der Waals surface area contributed by atoms with Crippen LogP contribution in [0.4, 0.5) is 0 Å². The van der Waals surface area contributed by atoms with Crippen LogP contribution >= 0.6 is 23.2 Å². The van der Waals surface area contributed by atoms with Crippen LogP contribution in [0.3, 0.4) is 0 Å². The number of nitrogens with zero attached hydrogens (tertiary/aromatic N) is 3. The molecule has 8 heteroatoms. The van der Waals surface area contributed by atoms with Gasteiger partial charge in [-0.05, 0) is 38.5 Å². The molecule has 0 aliphatic carbocycles. The zero-order valence-corrected chi connectivity index (χ0v) is 14.4. The molecule has 118 valence electrons. The topological polar surface area (TPSA) is 53.5 Å². The number of halogens is 2. The normalized spacial score (nSPS) is 18.3. The van der Waals surface area contributed by atoms with Crippen molar-refractivity contribution in [3.05, 3.63) is 22.4 Å². The van der Waals surface area contributed by atoms with Gasteiger partial charge >= 0.3 is 0 Å². The molecule has 1 aromatic rings. The smallest absolute Gasteiger partial charge is 0.244 e. The van der Waals surface area contributed by atoms with Gasteiger partial charge < -0.3 is 4.90 Å². The predicted octanol–water partition coefficient (Wildman–Crippen LogP) is 2.49. The average molecular weight is 352 g/mol. The zero-order chi connectivity index (χ0) is 15.6. The summed E-state index contributed by atoms with van der Waals surface area (Å²) in [5, 5.41) is 0.251. The molecule has 1 saturated heterocycles. The summed E-state index contributed by atoms with van der Waals surface area (Å²) in [5.41, 5.74) is 0. The lowest BCUT2D eigenvalue weighted by Gasteiger charge is -2.35. The minimum Gasteiger partial charge on any atom is -0.303 e. The minimum absolute atomic E-state index is 0.00672. The van der Waals surface area contributed by atoms with E-state index in [-0.39, 0.29) is 21.1 Å². The Morgan fingerprint density at radius 2 is 2.00 bits per heavy atom. The Hall–Kier alpha value is -0.400. The first-order chi connectivity index (χ1) is 9.86. The van der Waals surface area contributed by atoms with E-state index in [4.69, 9.17) is 23.2 Å². The Labute approximate surface area is 135 Å². The fraction of sp³-hybridized carbons (Fsp3) is 0.615. The van der Waals surface area contributed by atoms with Gasteiger partial charge in [-0.2, -0.15) is 4.31 Å². The van der Waals surface area contributed by atoms with Crippen LogP contribution in [0.25, 0.3) is 0 Å². The maximum atomic E-state index is 12.6. The van der Waals surface area contributed by atoms with Crippen molar-refractivity contribution >= 4 is 33.2 Å². The molecule has 5 nitrogen and oxygen atoms in total. The third-order valence-electron chi connectivity index (χ3n) is 3.97. The van der Waals surface area contributed by atoms with E-state index in [9.17, 15) is 8.42 Å². The molecule has 0 atom stereocenters. The standard InChI is InChI=1S/C13H19Cl2N3O2S/c1-3-18-6-4-10(5-7-18)17(2)21(19,20)11-8-12(14)13(15)16-9-11/h8-10H,3-7H2,1-2H3. The van der Waals surface area contributed by atoms with Gasteiger partial charge in [-0.25, -0.2) is 13.4 Å². The second-order valence-electron chi connectivity index (χ2n) is 5.13. The maximum Gasteiger partial charge on any atom is 0.244 e. The number of sulfonamides is 1. The van der Waals surface area contributed by atoms with Crippen LogP contribution in [0.1, 0.15) is 19.8 Å². The Morgan fingerprint density at radius 1 is 1.38 bits per heavy atom. The van der Waals surface area contributed by atoms with E-state index in [1.807, 2.05) is 0 Å². The second kappa shape index (κ2) is 6.79. The summed E-state index contributed by atoms with van der Waals surface area (Å²) in [4.78, 5) is 6.22. The molecule has 1 fully saturated rings. The molecule has 2 rings (SSSR count). The molecule has 0 saturated carbocycles. The average Bonchev–Trinajstić information content (AvgIpc) is 2.49. The molecule has 0 spiro atoms. The van der Waals surface area contributed by atoms with Crippen molar-refractivity contribution in [1.29, 1.82) is 0 Å². The van der Waals surface area contributed by atoms with E-state index in [0.717, 1.165) is 32.5 Å². The van der Waals surface area contributed by atoms with Gasteiger partial charge in [0.05, 0.1) is 5.02 Å². The number of hydrogen-bond donors (Lipinski definition) is 0. The van der Waals surface area contributed by atoms with E-state index in [1.165, 1.54) is 16.6 Å². The molecule has 0 radical (unpaired) electrons. The summed E-state index contributed by atoms with van der Waals surface area (Å²) < 4.78 is 26.7. The van der Waals surface area contributed by atoms with Gasteiger partial charge in [-0.3, -0.25) is 0 Å². The molecule has 2 heterocycles. The molecular weight excluding hydrogens is 333 g/mol. The first kappa shape index (κ1) is 17.0. The zero-order valence-electron chi connectivity index (χ0n) is 12.1. The Kier molecular flexibility index (Phi) is 5.48. The summed E-state index contributed by atoms with van der Waals surface area (Å²) in [6.07, 6.45) is 2.91. The Balaban J connectivity index is 2.17. The van der Waals surface area contributed by atoms with E-state index in [2.05, 4.69) is 16.8 Å². The van der Waals surface area contributed by atoms with Crippen LogP contribution in [-0.4, -0.2) is 55.3 Å². The summed E-state index contributed by atoms with van der Waals surface area (Å²) in [5.74, 6) is 0. The van der Waals surface area contributed by atoms with Gasteiger partial charge in [0.2, 0.25) is 10.0 Å². The SMILES string of the molecule is CCN1CCC(N(C)S(=O)(=O)c2cnc(Cl)c(Cl)c2)CC1. The van der Waals surface area contributed by atoms with Gasteiger partial charge in [-0.1, -0.05) is 30.1 Å². The van der Waals surface area contributed by atoms with Crippen LogP contribution in [0.5, 0.6) is 0 Å². The molecule has 1 aliphatic rings. The van der Waals surface area contributed by atoms with Gasteiger partial charge in [0.25, 0.3) is 0 Å². The third kappa shape index (κ3) is 3.68. The van der Waals surface area contributed by atoms with E-state index in [0.29, 0.717) is 0 Å². The summed E-state index contributed by atoms with van der Waals surface area (Å²) >= 11 is 11.6. The number of aromatic nitrogens is 1. The summed E-state index contributed by atoms with van der Waals surface area (Å²) in [7, 11) is -1.98. The first-order valence-corrected chi connectivity index (χ1v) is 9.07. The molecule has 21 heavy (non-hydrogen) atoms. The van der Waals surface area contributed by atoms with Gasteiger partial charge in [0, 0.05) is 19.3 Å². The molecule has 1 aliphatic heterocycles. The van der Waals surface area contributed by atoms with Crippen molar-refractivity contribution in [2.24, 2.45) is 0 Å². The highest BCUT2D eigenvalue weighted by Gasteiger charge is 2.31. The van der Waals surface area contributed by atoms with E-state index < -0.39 is 10.0 Å². The van der Waals surface area contributed by atoms with Crippen LogP contribution in [0.2, 0.25) is 10.2 Å². The monoisotopic (exact) mass is 351 g/mol. The number of likely N-dealkylation sites (tertiary alicyclic amines) is 1. The molecule has 0 aromatic carbocycles. The fourth-order valence-electron chi connectivity index (χ4n) is 2.51. The van der Waals surface area contributed by atoms with E-state index in [1.54, 1.807) is 7.05 Å². The number of piperidine rings is 1. The van der Waals surface area contributed by atoms with Crippen molar-refractivity contribution in [2.75, 3.05) is 26.7 Å². The van der Waals surface area contributed by atoms with Crippen molar-refractivity contribution in [1.82, 2.24) is 14.2 Å². The van der Waals surface area contributed by atoms with Crippen LogP contribution in [0, 0.1) is 0 Å². The maximum absolute atomic E-state index is 12.6. The largest absolute Gasteiger partial charge is 0.303 e. The minimum atomic E-state index is -3.59. The molecule has 1 aromatic heterocycles. The lowest BCUT2D eigenvalue weighted by Crippen LogP contribution is -2.45. The van der Waals surface area contributed by atoms with Gasteiger partial charge in [0.1, 0.15) is 10.0 Å². The van der Waals surface area contributed by atoms with Gasteiger partial charge in [0.15, 0.2) is 0 Å². The molecule has 0 unspecified atom stereocenters. The number of rotatable bonds is 4. The van der Waals surface area contributed by atoms with Crippen LogP contribution < -0.4 is 0 Å². The summed E-state index contributed by atoms with van der Waals surface area (Å²) in [6, 6.07) is 1.36. The first-order valence-electron chi connectivity index (χ1n) is 6.87. The van der Waals surface area contributed by atoms with Crippen molar-refractivity contribution < 1.29 is 8.42 Å². The predicted molar refractivity (Wildman–Crippen MR) is 84.3 cm³/mol. The molecule has 0 amide bonds. The van der Waals surface area contributed by atoms with Crippen molar-refractivity contribution in [3.63, 3.8) is 0 Å². The highest BCUT2D eigenvalue weighted by molar-refractivity contribution is 7.89. The fourth-order valence-corrected chi connectivity index (χ4v) is 4.23. The van der Waals surface area contributed by atoms with Crippen LogP contribution in [0.15, 0.2) is 17.2 Å². The van der Waals surface area contributed by atoms with Crippen molar-refractivity contribution in [3.8, 4) is 0 Å². The molecular formula is C13H19Cl2N3O2S. The lowest BCUT2D eigenvalue weighted by molar-refractivity contribution is 0.176. The Morgan fingerprint density at radius 3 is 2.52 bits per heavy atom. The molecule has 0 N–H and O–H groups in total.